The highest BCUT2D eigenvalue weighted by atomic mass is 35.5. The zero-order valence-corrected chi connectivity index (χ0v) is 12.9. The van der Waals surface area contributed by atoms with Crippen molar-refractivity contribution in [3.8, 4) is 0 Å². The Hall–Kier alpha value is -1.47. The van der Waals surface area contributed by atoms with Crippen LogP contribution in [0.5, 0.6) is 0 Å². The second-order valence-corrected chi connectivity index (χ2v) is 5.00. The summed E-state index contributed by atoms with van der Waals surface area (Å²) in [5.74, 6) is -0.230. The van der Waals surface area contributed by atoms with Crippen molar-refractivity contribution in [3.63, 3.8) is 0 Å². The molecular formula is C14H18ClF3N2O2. The average Bonchev–Trinajstić information content (AvgIpc) is 2.44. The van der Waals surface area contributed by atoms with Gasteiger partial charge in [0.25, 0.3) is 0 Å². The summed E-state index contributed by atoms with van der Waals surface area (Å²) in [5.41, 5.74) is -0.940. The van der Waals surface area contributed by atoms with Crippen LogP contribution in [0, 0.1) is 0 Å². The van der Waals surface area contributed by atoms with Crippen molar-refractivity contribution in [1.29, 1.82) is 0 Å². The van der Waals surface area contributed by atoms with Gasteiger partial charge in [0, 0.05) is 43.9 Å². The minimum Gasteiger partial charge on any atom is -0.385 e. The lowest BCUT2D eigenvalue weighted by Gasteiger charge is -2.14. The minimum absolute atomic E-state index is 0.00811. The minimum atomic E-state index is -4.50. The van der Waals surface area contributed by atoms with Crippen LogP contribution in [0.4, 0.5) is 18.9 Å². The molecule has 4 nitrogen and oxygen atoms in total. The van der Waals surface area contributed by atoms with Crippen molar-refractivity contribution in [1.82, 2.24) is 5.32 Å². The molecule has 1 aromatic carbocycles. The molecule has 0 aliphatic carbocycles. The third-order valence-electron chi connectivity index (χ3n) is 2.80. The highest BCUT2D eigenvalue weighted by Gasteiger charge is 2.33. The highest BCUT2D eigenvalue weighted by Crippen LogP contribution is 2.36. The maximum absolute atomic E-state index is 12.9. The second kappa shape index (κ2) is 8.85. The van der Waals surface area contributed by atoms with Crippen LogP contribution in [0.3, 0.4) is 0 Å². The van der Waals surface area contributed by atoms with Crippen LogP contribution in [-0.2, 0) is 15.7 Å². The molecule has 0 bridgehead atoms. The third kappa shape index (κ3) is 6.53. The number of carbonyl (C=O) groups is 1. The van der Waals surface area contributed by atoms with E-state index >= 15 is 0 Å². The van der Waals surface area contributed by atoms with E-state index in [1.165, 1.54) is 12.1 Å². The van der Waals surface area contributed by atoms with Crippen molar-refractivity contribution in [2.75, 3.05) is 32.1 Å². The Morgan fingerprint density at radius 3 is 2.68 bits per heavy atom. The Balaban J connectivity index is 2.47. The van der Waals surface area contributed by atoms with Crippen LogP contribution in [0.15, 0.2) is 18.2 Å². The van der Waals surface area contributed by atoms with Gasteiger partial charge in [0.1, 0.15) is 0 Å². The fourth-order valence-electron chi connectivity index (χ4n) is 1.75. The predicted molar refractivity (Wildman–Crippen MR) is 79.1 cm³/mol. The number of benzene rings is 1. The molecule has 1 aromatic rings. The summed E-state index contributed by atoms with van der Waals surface area (Å²) in [7, 11) is 1.57. The van der Waals surface area contributed by atoms with Gasteiger partial charge >= 0.3 is 6.18 Å². The van der Waals surface area contributed by atoms with E-state index in [2.05, 4.69) is 10.6 Å². The quantitative estimate of drug-likeness (QED) is 0.715. The van der Waals surface area contributed by atoms with Crippen LogP contribution in [0.25, 0.3) is 0 Å². The van der Waals surface area contributed by atoms with Crippen LogP contribution in [0.2, 0.25) is 5.02 Å². The van der Waals surface area contributed by atoms with Crippen molar-refractivity contribution in [2.24, 2.45) is 0 Å². The van der Waals surface area contributed by atoms with Gasteiger partial charge in [0.2, 0.25) is 5.91 Å². The lowest BCUT2D eigenvalue weighted by atomic mass is 10.1. The summed E-state index contributed by atoms with van der Waals surface area (Å²) in [6.45, 7) is 1.11. The van der Waals surface area contributed by atoms with Crippen molar-refractivity contribution >= 4 is 23.2 Å². The maximum atomic E-state index is 12.9. The molecule has 0 spiro atoms. The molecule has 2 N–H and O–H groups in total. The van der Waals surface area contributed by atoms with E-state index in [0.717, 1.165) is 6.07 Å². The lowest BCUT2D eigenvalue weighted by molar-refractivity contribution is -0.137. The fourth-order valence-corrected chi connectivity index (χ4v) is 1.92. The highest BCUT2D eigenvalue weighted by molar-refractivity contribution is 6.30. The SMILES string of the molecule is COCCCNC(=O)CCNc1ccc(Cl)cc1C(F)(F)F. The summed E-state index contributed by atoms with van der Waals surface area (Å²) in [6, 6.07) is 3.47. The largest absolute Gasteiger partial charge is 0.418 e. The molecule has 1 rings (SSSR count). The first-order chi connectivity index (χ1) is 10.3. The number of anilines is 1. The number of hydrogen-bond acceptors (Lipinski definition) is 3. The molecule has 0 saturated carbocycles. The zero-order chi connectivity index (χ0) is 16.6. The van der Waals surface area contributed by atoms with Crippen molar-refractivity contribution in [3.05, 3.63) is 28.8 Å². The van der Waals surface area contributed by atoms with Gasteiger partial charge in [0.15, 0.2) is 0 Å². The number of amides is 1. The molecule has 0 atom stereocenters. The number of methoxy groups -OCH3 is 1. The normalized spacial score (nSPS) is 11.3. The number of ether oxygens (including phenoxy) is 1. The number of rotatable bonds is 8. The number of carbonyl (C=O) groups excluding carboxylic acids is 1. The average molecular weight is 339 g/mol. The molecule has 0 fully saturated rings. The second-order valence-electron chi connectivity index (χ2n) is 4.56. The van der Waals surface area contributed by atoms with Crippen LogP contribution in [-0.4, -0.2) is 32.7 Å². The number of hydrogen-bond donors (Lipinski definition) is 2. The van der Waals surface area contributed by atoms with Gasteiger partial charge in [0.05, 0.1) is 5.56 Å². The van der Waals surface area contributed by atoms with E-state index in [0.29, 0.717) is 19.6 Å². The van der Waals surface area contributed by atoms with Gasteiger partial charge in [-0.25, -0.2) is 0 Å². The van der Waals surface area contributed by atoms with E-state index < -0.39 is 11.7 Å². The third-order valence-corrected chi connectivity index (χ3v) is 3.04. The Bertz CT molecular complexity index is 495. The van der Waals surface area contributed by atoms with Gasteiger partial charge in [-0.2, -0.15) is 13.2 Å². The smallest absolute Gasteiger partial charge is 0.385 e. The Kier molecular flexibility index (Phi) is 7.47. The van der Waals surface area contributed by atoms with Crippen LogP contribution < -0.4 is 10.6 Å². The molecule has 0 aliphatic heterocycles. The molecule has 0 radical (unpaired) electrons. The van der Waals surface area contributed by atoms with Crippen molar-refractivity contribution < 1.29 is 22.7 Å². The summed E-state index contributed by atoms with van der Waals surface area (Å²) >= 11 is 5.59. The topological polar surface area (TPSA) is 50.4 Å². The van der Waals surface area contributed by atoms with E-state index in [4.69, 9.17) is 16.3 Å². The molecule has 1 amide bonds. The maximum Gasteiger partial charge on any atom is 0.418 e. The molecule has 0 aromatic heterocycles. The molecule has 0 heterocycles. The van der Waals surface area contributed by atoms with Crippen LogP contribution >= 0.6 is 11.6 Å². The fraction of sp³-hybridized carbons (Fsp3) is 0.500. The predicted octanol–water partition coefficient (Wildman–Crippen LogP) is 3.31. The van der Waals surface area contributed by atoms with E-state index in [1.807, 2.05) is 0 Å². The first-order valence-corrected chi connectivity index (χ1v) is 7.08. The summed E-state index contributed by atoms with van der Waals surface area (Å²) in [6.07, 6.45) is -3.74. The zero-order valence-electron chi connectivity index (χ0n) is 12.1. The van der Waals surface area contributed by atoms with Gasteiger partial charge in [-0.15, -0.1) is 0 Å². The van der Waals surface area contributed by atoms with Gasteiger partial charge < -0.3 is 15.4 Å². The van der Waals surface area contributed by atoms with Gasteiger partial charge in [-0.05, 0) is 24.6 Å². The summed E-state index contributed by atoms with van der Waals surface area (Å²) < 4.78 is 43.4. The summed E-state index contributed by atoms with van der Waals surface area (Å²) in [5, 5.41) is 5.28. The van der Waals surface area contributed by atoms with E-state index in [-0.39, 0.29) is 29.6 Å². The van der Waals surface area contributed by atoms with Gasteiger partial charge in [-0.3, -0.25) is 4.79 Å². The first-order valence-electron chi connectivity index (χ1n) is 6.71. The summed E-state index contributed by atoms with van der Waals surface area (Å²) in [4.78, 5) is 11.5. The Morgan fingerprint density at radius 2 is 2.05 bits per heavy atom. The molecule has 8 heteroatoms. The van der Waals surface area contributed by atoms with Crippen LogP contribution in [0.1, 0.15) is 18.4 Å². The van der Waals surface area contributed by atoms with E-state index in [1.54, 1.807) is 7.11 Å². The Morgan fingerprint density at radius 1 is 1.32 bits per heavy atom. The molecule has 124 valence electrons. The lowest BCUT2D eigenvalue weighted by Crippen LogP contribution is -2.27. The first kappa shape index (κ1) is 18.6. The molecule has 22 heavy (non-hydrogen) atoms. The number of nitrogens with one attached hydrogen (secondary N) is 2. The van der Waals surface area contributed by atoms with Gasteiger partial charge in [-0.1, -0.05) is 11.6 Å². The monoisotopic (exact) mass is 338 g/mol. The number of alkyl halides is 3. The van der Waals surface area contributed by atoms with E-state index in [9.17, 15) is 18.0 Å². The number of halogens is 4. The van der Waals surface area contributed by atoms with Crippen molar-refractivity contribution in [2.45, 2.75) is 19.0 Å². The molecule has 0 saturated heterocycles. The molecule has 0 aliphatic rings. The molecule has 0 unspecified atom stereocenters. The Labute approximate surface area is 132 Å². The molecular weight excluding hydrogens is 321 g/mol. The standard InChI is InChI=1S/C14H18ClF3N2O2/c1-22-8-2-6-20-13(21)5-7-19-12-4-3-10(15)9-11(12)14(16,17)18/h3-4,9,19H,2,5-8H2,1H3,(H,20,21).